The summed E-state index contributed by atoms with van der Waals surface area (Å²) in [5.41, 5.74) is 1.47. The number of thiophene rings is 1. The van der Waals surface area contributed by atoms with Gasteiger partial charge in [-0.25, -0.2) is 4.90 Å². The summed E-state index contributed by atoms with van der Waals surface area (Å²) >= 11 is 1.39. The molecule has 3 aromatic rings. The molecule has 1 N–H and O–H groups in total. The van der Waals surface area contributed by atoms with E-state index in [2.05, 4.69) is 5.32 Å². The number of benzene rings is 2. The van der Waals surface area contributed by atoms with Crippen molar-refractivity contribution in [2.24, 2.45) is 0 Å². The van der Waals surface area contributed by atoms with Crippen molar-refractivity contribution in [3.8, 4) is 17.2 Å². The summed E-state index contributed by atoms with van der Waals surface area (Å²) in [6, 6.07) is 15.8. The predicted molar refractivity (Wildman–Crippen MR) is 129 cm³/mol. The molecular formula is C25H24N2O5S. The lowest BCUT2D eigenvalue weighted by atomic mass is 10.1. The van der Waals surface area contributed by atoms with E-state index in [0.717, 1.165) is 0 Å². The fraction of sp³-hybridized carbons (Fsp3) is 0.200. The molecule has 1 aromatic heterocycles. The number of anilines is 2. The van der Waals surface area contributed by atoms with E-state index in [9.17, 15) is 9.59 Å². The molecule has 8 heteroatoms. The van der Waals surface area contributed by atoms with Crippen LogP contribution in [0.25, 0.3) is 5.57 Å². The summed E-state index contributed by atoms with van der Waals surface area (Å²) in [6.07, 6.45) is 0.0200. The summed E-state index contributed by atoms with van der Waals surface area (Å²) in [7, 11) is 3.09. The molecule has 170 valence electrons. The average Bonchev–Trinajstić information content (AvgIpc) is 3.41. The van der Waals surface area contributed by atoms with Crippen LogP contribution < -0.4 is 24.4 Å². The van der Waals surface area contributed by atoms with Gasteiger partial charge in [-0.1, -0.05) is 6.07 Å². The molecule has 2 amide bonds. The molecule has 1 aliphatic rings. The molecule has 0 unspecified atom stereocenters. The maximum absolute atomic E-state index is 13.5. The zero-order chi connectivity index (χ0) is 23.5. The summed E-state index contributed by atoms with van der Waals surface area (Å²) in [5, 5.41) is 5.00. The Kier molecular flexibility index (Phi) is 6.37. The van der Waals surface area contributed by atoms with Gasteiger partial charge in [0.25, 0.3) is 11.8 Å². The van der Waals surface area contributed by atoms with E-state index >= 15 is 0 Å². The third-order valence-corrected chi connectivity index (χ3v) is 5.87. The number of hydrogen-bond donors (Lipinski definition) is 1. The second-order valence-electron chi connectivity index (χ2n) is 7.52. The lowest BCUT2D eigenvalue weighted by molar-refractivity contribution is -0.120. The predicted octanol–water partition coefficient (Wildman–Crippen LogP) is 4.95. The van der Waals surface area contributed by atoms with Gasteiger partial charge in [-0.15, -0.1) is 11.3 Å². The zero-order valence-corrected chi connectivity index (χ0v) is 19.6. The Balaban J connectivity index is 1.74. The van der Waals surface area contributed by atoms with Crippen LogP contribution in [0.4, 0.5) is 11.4 Å². The van der Waals surface area contributed by atoms with Crippen LogP contribution in [0.2, 0.25) is 0 Å². The minimum atomic E-state index is -0.453. The van der Waals surface area contributed by atoms with Crippen LogP contribution in [0.3, 0.4) is 0 Å². The first-order chi connectivity index (χ1) is 15.9. The Morgan fingerprint density at radius 2 is 1.64 bits per heavy atom. The number of hydrogen-bond acceptors (Lipinski definition) is 7. The Labute approximate surface area is 196 Å². The summed E-state index contributed by atoms with van der Waals surface area (Å²) in [5.74, 6) is 0.919. The minimum Gasteiger partial charge on any atom is -0.497 e. The second-order valence-corrected chi connectivity index (χ2v) is 8.47. The standard InChI is InChI=1S/C25H24N2O5S/c1-15(2)32-17-9-7-16(8-10-17)27-24(28)22(21-6-5-13-33-21)23(25(27)29)26-19-14-18(30-3)11-12-20(19)31-4/h5-15,26H,1-4H3. The number of imide groups is 1. The number of ether oxygens (including phenoxy) is 3. The van der Waals surface area contributed by atoms with E-state index in [-0.39, 0.29) is 11.8 Å². The molecule has 2 aromatic carbocycles. The highest BCUT2D eigenvalue weighted by Crippen LogP contribution is 2.38. The molecule has 1 aliphatic heterocycles. The smallest absolute Gasteiger partial charge is 0.282 e. The van der Waals surface area contributed by atoms with Crippen molar-refractivity contribution >= 4 is 40.1 Å². The van der Waals surface area contributed by atoms with Gasteiger partial charge in [-0.05, 0) is 61.7 Å². The number of amides is 2. The van der Waals surface area contributed by atoms with E-state index in [1.807, 2.05) is 31.4 Å². The van der Waals surface area contributed by atoms with Crippen molar-refractivity contribution in [1.82, 2.24) is 0 Å². The lowest BCUT2D eigenvalue weighted by Crippen LogP contribution is -2.32. The Hall–Kier alpha value is -3.78. The van der Waals surface area contributed by atoms with E-state index in [4.69, 9.17) is 14.2 Å². The third-order valence-electron chi connectivity index (χ3n) is 4.98. The quantitative estimate of drug-likeness (QED) is 0.476. The van der Waals surface area contributed by atoms with Crippen molar-refractivity contribution in [3.63, 3.8) is 0 Å². The molecule has 0 saturated carbocycles. The van der Waals surface area contributed by atoms with Gasteiger partial charge in [0.15, 0.2) is 0 Å². The van der Waals surface area contributed by atoms with Gasteiger partial charge in [-0.2, -0.15) is 0 Å². The van der Waals surface area contributed by atoms with Crippen LogP contribution in [0.1, 0.15) is 18.7 Å². The largest absolute Gasteiger partial charge is 0.497 e. The van der Waals surface area contributed by atoms with Gasteiger partial charge in [0, 0.05) is 10.9 Å². The van der Waals surface area contributed by atoms with Crippen molar-refractivity contribution in [2.45, 2.75) is 20.0 Å². The molecule has 0 spiro atoms. The molecule has 0 saturated heterocycles. The molecule has 0 fully saturated rings. The maximum atomic E-state index is 13.5. The Morgan fingerprint density at radius 1 is 0.909 bits per heavy atom. The zero-order valence-electron chi connectivity index (χ0n) is 18.7. The van der Waals surface area contributed by atoms with Crippen molar-refractivity contribution in [1.29, 1.82) is 0 Å². The third kappa shape index (κ3) is 4.42. The number of rotatable bonds is 8. The van der Waals surface area contributed by atoms with Gasteiger partial charge in [0.1, 0.15) is 22.9 Å². The Bertz CT molecular complexity index is 1200. The average molecular weight is 465 g/mol. The van der Waals surface area contributed by atoms with E-state index in [1.54, 1.807) is 49.6 Å². The molecule has 7 nitrogen and oxygen atoms in total. The number of nitrogens with one attached hydrogen (secondary N) is 1. The fourth-order valence-electron chi connectivity index (χ4n) is 3.52. The Morgan fingerprint density at radius 3 is 2.24 bits per heavy atom. The molecule has 0 bridgehead atoms. The van der Waals surface area contributed by atoms with Crippen LogP contribution in [-0.2, 0) is 9.59 Å². The van der Waals surface area contributed by atoms with E-state index in [1.165, 1.54) is 23.3 Å². The second kappa shape index (κ2) is 9.38. The summed E-state index contributed by atoms with van der Waals surface area (Å²) in [6.45, 7) is 3.87. The minimum absolute atomic E-state index is 0.0200. The number of carbonyl (C=O) groups excluding carboxylic acids is 2. The molecule has 0 atom stereocenters. The summed E-state index contributed by atoms with van der Waals surface area (Å²) < 4.78 is 16.4. The molecule has 0 aliphatic carbocycles. The molecule has 0 radical (unpaired) electrons. The van der Waals surface area contributed by atoms with Crippen LogP contribution in [0, 0.1) is 0 Å². The van der Waals surface area contributed by atoms with Crippen LogP contribution in [0.5, 0.6) is 17.2 Å². The molecule has 2 heterocycles. The maximum Gasteiger partial charge on any atom is 0.282 e. The van der Waals surface area contributed by atoms with Crippen LogP contribution >= 0.6 is 11.3 Å². The van der Waals surface area contributed by atoms with E-state index in [0.29, 0.717) is 39.1 Å². The lowest BCUT2D eigenvalue weighted by Gasteiger charge is -2.17. The fourth-order valence-corrected chi connectivity index (χ4v) is 4.29. The SMILES string of the molecule is COc1ccc(OC)c(NC2=C(c3cccs3)C(=O)N(c3ccc(OC(C)C)cc3)C2=O)c1. The van der Waals surface area contributed by atoms with Gasteiger partial charge >= 0.3 is 0 Å². The first kappa shape index (κ1) is 22.4. The van der Waals surface area contributed by atoms with Gasteiger partial charge < -0.3 is 19.5 Å². The van der Waals surface area contributed by atoms with Crippen LogP contribution in [-0.4, -0.2) is 32.1 Å². The van der Waals surface area contributed by atoms with Crippen LogP contribution in [0.15, 0.2) is 65.7 Å². The number of nitrogens with zero attached hydrogens (tertiary/aromatic N) is 1. The van der Waals surface area contributed by atoms with Gasteiger partial charge in [-0.3, -0.25) is 9.59 Å². The van der Waals surface area contributed by atoms with Crippen molar-refractivity contribution in [2.75, 3.05) is 24.4 Å². The number of methoxy groups -OCH3 is 2. The van der Waals surface area contributed by atoms with E-state index < -0.39 is 11.8 Å². The first-order valence-corrected chi connectivity index (χ1v) is 11.2. The normalized spacial score (nSPS) is 13.7. The highest BCUT2D eigenvalue weighted by molar-refractivity contribution is 7.11. The molecule has 33 heavy (non-hydrogen) atoms. The highest BCUT2D eigenvalue weighted by atomic mass is 32.1. The van der Waals surface area contributed by atoms with Gasteiger partial charge in [0.2, 0.25) is 0 Å². The molecule has 4 rings (SSSR count). The van der Waals surface area contributed by atoms with Crippen molar-refractivity contribution in [3.05, 3.63) is 70.6 Å². The topological polar surface area (TPSA) is 77.1 Å². The van der Waals surface area contributed by atoms with Crippen molar-refractivity contribution < 1.29 is 23.8 Å². The highest BCUT2D eigenvalue weighted by Gasteiger charge is 2.41. The monoisotopic (exact) mass is 464 g/mol. The number of carbonyl (C=O) groups is 2. The summed E-state index contributed by atoms with van der Waals surface area (Å²) in [4.78, 5) is 28.9. The van der Waals surface area contributed by atoms with Gasteiger partial charge in [0.05, 0.1) is 37.3 Å². The first-order valence-electron chi connectivity index (χ1n) is 10.4. The molecular weight excluding hydrogens is 440 g/mol.